The Hall–Kier alpha value is -1.31. The van der Waals surface area contributed by atoms with Crippen molar-refractivity contribution in [1.82, 2.24) is 4.90 Å². The van der Waals surface area contributed by atoms with Gasteiger partial charge in [0.25, 0.3) is 0 Å². The number of amides is 1. The van der Waals surface area contributed by atoms with Crippen LogP contribution in [0.5, 0.6) is 0 Å². The fraction of sp³-hybridized carbons (Fsp3) is 0.500. The van der Waals surface area contributed by atoms with Gasteiger partial charge >= 0.3 is 5.97 Å². The topological polar surface area (TPSA) is 92.9 Å². The van der Waals surface area contributed by atoms with Gasteiger partial charge in [-0.2, -0.15) is 0 Å². The number of carboxylic acid groups (broad SMARTS) is 1. The number of ether oxygens (including phenoxy) is 1. The van der Waals surface area contributed by atoms with Gasteiger partial charge in [-0.1, -0.05) is 12.2 Å². The van der Waals surface area contributed by atoms with Gasteiger partial charge in [-0.25, -0.2) is 4.79 Å². The number of carboxylic acids is 1. The lowest BCUT2D eigenvalue weighted by Gasteiger charge is -2.47. The van der Waals surface area contributed by atoms with E-state index in [2.05, 4.69) is 0 Å². The SMILES string of the molecule is COCC/C=C\C1=C(C(=O)O)N2C(=O)[C@@H](N)[C@H]2SC1. The monoisotopic (exact) mass is 284 g/mol. The Morgan fingerprint density at radius 2 is 2.42 bits per heavy atom. The number of rotatable bonds is 5. The molecule has 1 amide bonds. The first-order chi connectivity index (χ1) is 9.07. The molecule has 0 radical (unpaired) electrons. The molecule has 1 fully saturated rings. The number of β-lactam (4-membered cyclic amide) rings is 1. The summed E-state index contributed by atoms with van der Waals surface area (Å²) in [5.74, 6) is -0.859. The standard InChI is InChI=1S/C12H16N2O4S/c1-18-5-3-2-4-7-6-19-11-8(13)10(15)14(11)9(7)12(16)17/h2,4,8,11H,3,5-6,13H2,1H3,(H,16,17)/b4-2-/t8-,11-/m1/s1. The molecular formula is C12H16N2O4S. The van der Waals surface area contributed by atoms with Crippen LogP contribution in [-0.2, 0) is 14.3 Å². The maximum atomic E-state index is 11.7. The number of allylic oxidation sites excluding steroid dienone is 1. The van der Waals surface area contributed by atoms with Crippen molar-refractivity contribution in [2.24, 2.45) is 5.73 Å². The Balaban J connectivity index is 2.20. The molecule has 6 nitrogen and oxygen atoms in total. The third kappa shape index (κ3) is 2.54. The summed E-state index contributed by atoms with van der Waals surface area (Å²) >= 11 is 1.49. The van der Waals surface area contributed by atoms with E-state index in [1.807, 2.05) is 6.08 Å². The van der Waals surface area contributed by atoms with Crippen LogP contribution in [0.1, 0.15) is 6.42 Å². The molecule has 0 spiro atoms. The normalized spacial score (nSPS) is 26.6. The molecule has 2 rings (SSSR count). The number of hydrogen-bond donors (Lipinski definition) is 2. The molecule has 0 saturated carbocycles. The van der Waals surface area contributed by atoms with E-state index in [0.717, 1.165) is 0 Å². The molecule has 3 N–H and O–H groups in total. The van der Waals surface area contributed by atoms with Crippen LogP contribution in [0.4, 0.5) is 0 Å². The minimum atomic E-state index is -1.09. The maximum absolute atomic E-state index is 11.7. The highest BCUT2D eigenvalue weighted by Crippen LogP contribution is 2.39. The second-order valence-corrected chi connectivity index (χ2v) is 5.40. The van der Waals surface area contributed by atoms with Crippen LogP contribution in [0.25, 0.3) is 0 Å². The summed E-state index contributed by atoms with van der Waals surface area (Å²) in [4.78, 5) is 24.3. The van der Waals surface area contributed by atoms with E-state index in [0.29, 0.717) is 24.4 Å². The van der Waals surface area contributed by atoms with Crippen molar-refractivity contribution in [2.75, 3.05) is 19.5 Å². The Bertz CT molecular complexity index is 461. The number of nitrogens with two attached hydrogens (primary N) is 1. The zero-order chi connectivity index (χ0) is 14.0. The molecule has 2 heterocycles. The zero-order valence-corrected chi connectivity index (χ0v) is 11.4. The molecule has 0 aromatic rings. The molecule has 2 atom stereocenters. The predicted molar refractivity (Wildman–Crippen MR) is 71.4 cm³/mol. The van der Waals surface area contributed by atoms with E-state index in [9.17, 15) is 14.7 Å². The number of methoxy groups -OCH3 is 1. The van der Waals surface area contributed by atoms with Crippen LogP contribution < -0.4 is 5.73 Å². The Kier molecular flexibility index (Phi) is 4.28. The van der Waals surface area contributed by atoms with Crippen molar-refractivity contribution >= 4 is 23.6 Å². The summed E-state index contributed by atoms with van der Waals surface area (Å²) in [6.45, 7) is 0.579. The molecule has 0 unspecified atom stereocenters. The number of carbonyl (C=O) groups excluding carboxylic acids is 1. The highest BCUT2D eigenvalue weighted by molar-refractivity contribution is 8.00. The van der Waals surface area contributed by atoms with Crippen LogP contribution in [0.15, 0.2) is 23.4 Å². The van der Waals surface area contributed by atoms with Crippen LogP contribution in [0.2, 0.25) is 0 Å². The lowest BCUT2D eigenvalue weighted by atomic mass is 10.0. The zero-order valence-electron chi connectivity index (χ0n) is 10.5. The average Bonchev–Trinajstić information content (AvgIpc) is 2.41. The largest absolute Gasteiger partial charge is 0.477 e. The number of carbonyl (C=O) groups is 2. The van der Waals surface area contributed by atoms with Gasteiger partial charge in [0, 0.05) is 19.5 Å². The van der Waals surface area contributed by atoms with Crippen LogP contribution in [0.3, 0.4) is 0 Å². The van der Waals surface area contributed by atoms with Gasteiger partial charge in [0.1, 0.15) is 17.1 Å². The van der Waals surface area contributed by atoms with Crippen LogP contribution in [0, 0.1) is 0 Å². The number of aliphatic carboxylic acids is 1. The highest BCUT2D eigenvalue weighted by atomic mass is 32.2. The summed E-state index contributed by atoms with van der Waals surface area (Å²) in [5.41, 5.74) is 6.36. The molecule has 19 heavy (non-hydrogen) atoms. The quantitative estimate of drug-likeness (QED) is 0.552. The summed E-state index contributed by atoms with van der Waals surface area (Å²) in [7, 11) is 1.61. The molecule has 0 bridgehead atoms. The molecule has 0 aromatic heterocycles. The smallest absolute Gasteiger partial charge is 0.352 e. The van der Waals surface area contributed by atoms with Gasteiger partial charge < -0.3 is 15.6 Å². The summed E-state index contributed by atoms with van der Waals surface area (Å²) < 4.78 is 4.92. The predicted octanol–water partition coefficient (Wildman–Crippen LogP) is 0.160. The molecule has 7 heteroatoms. The van der Waals surface area contributed by atoms with Gasteiger partial charge in [-0.3, -0.25) is 9.69 Å². The molecule has 0 aromatic carbocycles. The summed E-state index contributed by atoms with van der Waals surface area (Å²) in [5, 5.41) is 9.04. The first-order valence-corrected chi connectivity index (χ1v) is 6.95. The van der Waals surface area contributed by atoms with Crippen molar-refractivity contribution in [3.63, 3.8) is 0 Å². The van der Waals surface area contributed by atoms with Crippen molar-refractivity contribution in [1.29, 1.82) is 0 Å². The lowest BCUT2D eigenvalue weighted by Crippen LogP contribution is -2.68. The van der Waals surface area contributed by atoms with Gasteiger partial charge in [0.2, 0.25) is 5.91 Å². The average molecular weight is 284 g/mol. The van der Waals surface area contributed by atoms with Gasteiger partial charge in [-0.15, -0.1) is 11.8 Å². The third-order valence-corrected chi connectivity index (χ3v) is 4.37. The van der Waals surface area contributed by atoms with Crippen molar-refractivity contribution in [2.45, 2.75) is 17.8 Å². The van der Waals surface area contributed by atoms with Crippen molar-refractivity contribution in [3.05, 3.63) is 23.4 Å². The Morgan fingerprint density at radius 3 is 3.05 bits per heavy atom. The van der Waals surface area contributed by atoms with E-state index >= 15 is 0 Å². The van der Waals surface area contributed by atoms with E-state index in [4.69, 9.17) is 10.5 Å². The number of thioether (sulfide) groups is 1. The first kappa shape index (κ1) is 14.1. The minimum absolute atomic E-state index is 0.0594. The van der Waals surface area contributed by atoms with Crippen molar-refractivity contribution in [3.8, 4) is 0 Å². The molecule has 0 aliphatic carbocycles. The van der Waals surface area contributed by atoms with E-state index in [-0.39, 0.29) is 17.0 Å². The fourth-order valence-corrected chi connectivity index (χ4v) is 3.34. The number of hydrogen-bond acceptors (Lipinski definition) is 5. The Labute approximate surface area is 115 Å². The highest BCUT2D eigenvalue weighted by Gasteiger charge is 2.51. The van der Waals surface area contributed by atoms with Gasteiger partial charge in [-0.05, 0) is 12.0 Å². The summed E-state index contributed by atoms with van der Waals surface area (Å²) in [6.07, 6.45) is 4.31. The fourth-order valence-electron chi connectivity index (χ4n) is 2.08. The van der Waals surface area contributed by atoms with Crippen LogP contribution in [-0.4, -0.2) is 52.8 Å². The molecule has 2 aliphatic rings. The minimum Gasteiger partial charge on any atom is -0.477 e. The first-order valence-electron chi connectivity index (χ1n) is 5.90. The summed E-state index contributed by atoms with van der Waals surface area (Å²) in [6, 6.07) is -0.585. The lowest BCUT2D eigenvalue weighted by molar-refractivity contribution is -0.147. The Morgan fingerprint density at radius 1 is 1.68 bits per heavy atom. The van der Waals surface area contributed by atoms with Gasteiger partial charge in [0.05, 0.1) is 0 Å². The van der Waals surface area contributed by atoms with Gasteiger partial charge in [0.15, 0.2) is 0 Å². The van der Waals surface area contributed by atoms with E-state index in [1.165, 1.54) is 16.7 Å². The van der Waals surface area contributed by atoms with E-state index < -0.39 is 12.0 Å². The number of nitrogens with zero attached hydrogens (tertiary/aromatic N) is 1. The van der Waals surface area contributed by atoms with Crippen molar-refractivity contribution < 1.29 is 19.4 Å². The second kappa shape index (κ2) is 5.77. The maximum Gasteiger partial charge on any atom is 0.352 e. The van der Waals surface area contributed by atoms with Crippen LogP contribution >= 0.6 is 11.8 Å². The third-order valence-electron chi connectivity index (χ3n) is 3.05. The molecule has 1 saturated heterocycles. The molecular weight excluding hydrogens is 268 g/mol. The van der Waals surface area contributed by atoms with E-state index in [1.54, 1.807) is 13.2 Å². The second-order valence-electron chi connectivity index (χ2n) is 4.30. The molecule has 104 valence electrons. The number of fused-ring (bicyclic) bond motifs is 1. The molecule has 2 aliphatic heterocycles.